The van der Waals surface area contributed by atoms with Crippen molar-refractivity contribution in [1.82, 2.24) is 0 Å². The van der Waals surface area contributed by atoms with Gasteiger partial charge in [-0.25, -0.2) is 0 Å². The van der Waals surface area contributed by atoms with Crippen molar-refractivity contribution in [3.63, 3.8) is 0 Å². The third kappa shape index (κ3) is 4.65. The summed E-state index contributed by atoms with van der Waals surface area (Å²) >= 11 is 0. The molecule has 0 spiro atoms. The van der Waals surface area contributed by atoms with E-state index in [1.165, 1.54) is 6.42 Å². The zero-order chi connectivity index (χ0) is 12.7. The van der Waals surface area contributed by atoms with Gasteiger partial charge in [0.05, 0.1) is 13.7 Å². The number of benzene rings is 1. The minimum atomic E-state index is 0.520. The number of hydrogen-bond donors (Lipinski definition) is 1. The maximum absolute atomic E-state index is 5.74. The van der Waals surface area contributed by atoms with Crippen molar-refractivity contribution in [3.8, 4) is 11.5 Å². The number of nitrogens with two attached hydrogens (primary N) is 1. The Morgan fingerprint density at radius 1 is 1.24 bits per heavy atom. The van der Waals surface area contributed by atoms with Gasteiger partial charge in [0.1, 0.15) is 0 Å². The topological polar surface area (TPSA) is 44.5 Å². The second-order valence-electron chi connectivity index (χ2n) is 4.57. The van der Waals surface area contributed by atoms with E-state index >= 15 is 0 Å². The lowest BCUT2D eigenvalue weighted by Gasteiger charge is -2.12. The van der Waals surface area contributed by atoms with Gasteiger partial charge >= 0.3 is 0 Å². The lowest BCUT2D eigenvalue weighted by atomic mass is 10.1. The van der Waals surface area contributed by atoms with Crippen molar-refractivity contribution in [3.05, 3.63) is 23.8 Å². The molecule has 2 N–H and O–H groups in total. The summed E-state index contributed by atoms with van der Waals surface area (Å²) in [5, 5.41) is 0. The summed E-state index contributed by atoms with van der Waals surface area (Å²) in [5.74, 6) is 2.28. The van der Waals surface area contributed by atoms with Crippen LogP contribution < -0.4 is 15.2 Å². The minimum absolute atomic E-state index is 0.520. The highest BCUT2D eigenvalue weighted by Crippen LogP contribution is 2.28. The normalized spacial score (nSPS) is 10.6. The molecule has 0 aliphatic rings. The Kier molecular flexibility index (Phi) is 5.84. The highest BCUT2D eigenvalue weighted by Gasteiger charge is 2.05. The number of rotatable bonds is 7. The number of hydrogen-bond acceptors (Lipinski definition) is 3. The predicted molar refractivity (Wildman–Crippen MR) is 70.5 cm³/mol. The molecule has 0 fully saturated rings. The summed E-state index contributed by atoms with van der Waals surface area (Å²) in [6.07, 6.45) is 2.24. The van der Waals surface area contributed by atoms with Crippen LogP contribution in [0.3, 0.4) is 0 Å². The zero-order valence-electron chi connectivity index (χ0n) is 11.0. The zero-order valence-corrected chi connectivity index (χ0v) is 11.0. The van der Waals surface area contributed by atoms with Crippen LogP contribution in [-0.4, -0.2) is 13.7 Å². The van der Waals surface area contributed by atoms with Crippen molar-refractivity contribution in [2.75, 3.05) is 13.7 Å². The van der Waals surface area contributed by atoms with Gasteiger partial charge in [0, 0.05) is 6.54 Å². The van der Waals surface area contributed by atoms with Crippen molar-refractivity contribution >= 4 is 0 Å². The fraction of sp³-hybridized carbons (Fsp3) is 0.571. The van der Waals surface area contributed by atoms with Crippen LogP contribution in [0.1, 0.15) is 32.3 Å². The van der Waals surface area contributed by atoms with E-state index in [1.807, 2.05) is 18.2 Å². The molecule has 0 aliphatic heterocycles. The second-order valence-corrected chi connectivity index (χ2v) is 4.57. The minimum Gasteiger partial charge on any atom is -0.493 e. The smallest absolute Gasteiger partial charge is 0.161 e. The first-order chi connectivity index (χ1) is 8.17. The molecule has 0 aromatic heterocycles. The largest absolute Gasteiger partial charge is 0.493 e. The SMILES string of the molecule is COc1ccc(CN)cc1OCCCC(C)C. The van der Waals surface area contributed by atoms with Gasteiger partial charge in [-0.1, -0.05) is 19.9 Å². The average molecular weight is 237 g/mol. The molecule has 1 aromatic carbocycles. The Morgan fingerprint density at radius 2 is 2.00 bits per heavy atom. The van der Waals surface area contributed by atoms with Crippen LogP contribution in [0.25, 0.3) is 0 Å². The Balaban J connectivity index is 2.55. The lowest BCUT2D eigenvalue weighted by molar-refractivity contribution is 0.279. The second kappa shape index (κ2) is 7.17. The van der Waals surface area contributed by atoms with Crippen LogP contribution in [-0.2, 0) is 6.54 Å². The van der Waals surface area contributed by atoms with Gasteiger partial charge < -0.3 is 15.2 Å². The van der Waals surface area contributed by atoms with E-state index in [4.69, 9.17) is 15.2 Å². The first-order valence-corrected chi connectivity index (χ1v) is 6.17. The van der Waals surface area contributed by atoms with Gasteiger partial charge in [-0.15, -0.1) is 0 Å². The van der Waals surface area contributed by atoms with E-state index in [9.17, 15) is 0 Å². The van der Waals surface area contributed by atoms with Crippen molar-refractivity contribution in [2.24, 2.45) is 11.7 Å². The molecular formula is C14H23NO2. The van der Waals surface area contributed by atoms with Gasteiger partial charge in [0.15, 0.2) is 11.5 Å². The maximum Gasteiger partial charge on any atom is 0.161 e. The van der Waals surface area contributed by atoms with Crippen LogP contribution in [0.15, 0.2) is 18.2 Å². The summed E-state index contributed by atoms with van der Waals surface area (Å²) in [4.78, 5) is 0. The molecule has 1 aromatic rings. The van der Waals surface area contributed by atoms with Gasteiger partial charge in [-0.05, 0) is 36.5 Å². The predicted octanol–water partition coefficient (Wildman–Crippen LogP) is 2.97. The Hall–Kier alpha value is -1.22. The van der Waals surface area contributed by atoms with Gasteiger partial charge in [-0.3, -0.25) is 0 Å². The highest BCUT2D eigenvalue weighted by atomic mass is 16.5. The van der Waals surface area contributed by atoms with Crippen LogP contribution in [0.4, 0.5) is 0 Å². The molecule has 3 heteroatoms. The number of ether oxygens (including phenoxy) is 2. The molecule has 0 saturated carbocycles. The summed E-state index contributed by atoms with van der Waals surface area (Å²) in [5.41, 5.74) is 6.67. The van der Waals surface area contributed by atoms with Crippen LogP contribution in [0.2, 0.25) is 0 Å². The third-order valence-corrected chi connectivity index (χ3v) is 2.65. The summed E-state index contributed by atoms with van der Waals surface area (Å²) < 4.78 is 11.0. The highest BCUT2D eigenvalue weighted by molar-refractivity contribution is 5.42. The fourth-order valence-electron chi connectivity index (χ4n) is 1.63. The first-order valence-electron chi connectivity index (χ1n) is 6.17. The molecule has 96 valence electrons. The van der Waals surface area contributed by atoms with Gasteiger partial charge in [0.25, 0.3) is 0 Å². The van der Waals surface area contributed by atoms with E-state index < -0.39 is 0 Å². The molecule has 3 nitrogen and oxygen atoms in total. The molecule has 0 unspecified atom stereocenters. The van der Waals surface area contributed by atoms with Crippen LogP contribution in [0.5, 0.6) is 11.5 Å². The van der Waals surface area contributed by atoms with Gasteiger partial charge in [0.2, 0.25) is 0 Å². The Labute approximate surface area is 104 Å². The summed E-state index contributed by atoms with van der Waals surface area (Å²) in [7, 11) is 1.65. The Morgan fingerprint density at radius 3 is 2.59 bits per heavy atom. The van der Waals surface area contributed by atoms with Crippen molar-refractivity contribution in [1.29, 1.82) is 0 Å². The fourth-order valence-corrected chi connectivity index (χ4v) is 1.63. The monoisotopic (exact) mass is 237 g/mol. The first kappa shape index (κ1) is 13.8. The van der Waals surface area contributed by atoms with Gasteiger partial charge in [-0.2, -0.15) is 0 Å². The van der Waals surface area contributed by atoms with E-state index in [0.29, 0.717) is 6.54 Å². The molecule has 0 heterocycles. The molecule has 0 radical (unpaired) electrons. The average Bonchev–Trinajstić information content (AvgIpc) is 2.34. The summed E-state index contributed by atoms with van der Waals surface area (Å²) in [6.45, 7) is 5.68. The molecule has 1 rings (SSSR count). The molecule has 0 atom stereocenters. The van der Waals surface area contributed by atoms with E-state index in [-0.39, 0.29) is 0 Å². The van der Waals surface area contributed by atoms with E-state index in [1.54, 1.807) is 7.11 Å². The quantitative estimate of drug-likeness (QED) is 0.741. The van der Waals surface area contributed by atoms with E-state index in [2.05, 4.69) is 13.8 Å². The molecule has 17 heavy (non-hydrogen) atoms. The maximum atomic E-state index is 5.74. The summed E-state index contributed by atoms with van der Waals surface area (Å²) in [6, 6.07) is 5.81. The van der Waals surface area contributed by atoms with E-state index in [0.717, 1.165) is 36.0 Å². The lowest BCUT2D eigenvalue weighted by Crippen LogP contribution is -2.03. The van der Waals surface area contributed by atoms with Crippen LogP contribution in [0, 0.1) is 5.92 Å². The molecular weight excluding hydrogens is 214 g/mol. The van der Waals surface area contributed by atoms with Crippen molar-refractivity contribution in [2.45, 2.75) is 33.2 Å². The third-order valence-electron chi connectivity index (χ3n) is 2.65. The standard InChI is InChI=1S/C14H23NO2/c1-11(2)5-4-8-17-14-9-12(10-15)6-7-13(14)16-3/h6-7,9,11H,4-5,8,10,15H2,1-3H3. The van der Waals surface area contributed by atoms with Crippen LogP contribution >= 0.6 is 0 Å². The number of methoxy groups -OCH3 is 1. The molecule has 0 saturated heterocycles. The molecule has 0 bridgehead atoms. The Bertz CT molecular complexity index is 337. The molecule has 0 amide bonds. The van der Waals surface area contributed by atoms with Crippen molar-refractivity contribution < 1.29 is 9.47 Å². The molecule has 0 aliphatic carbocycles.